The molecule has 10 heteroatoms. The smallest absolute Gasteiger partial charge is 0.416 e. The molecule has 0 aromatic heterocycles. The van der Waals surface area contributed by atoms with Gasteiger partial charge in [0.05, 0.1) is 23.3 Å². The molecule has 0 bridgehead atoms. The molecule has 2 amide bonds. The second-order valence-corrected chi connectivity index (χ2v) is 4.80. The molecule has 0 atom stereocenters. The average Bonchev–Trinajstić information content (AvgIpc) is 2.54. The van der Waals surface area contributed by atoms with E-state index in [2.05, 4.69) is 10.6 Å². The minimum absolute atomic E-state index is 0.00109. The monoisotopic (exact) mass is 355 g/mol. The van der Waals surface area contributed by atoms with Crippen LogP contribution in [0, 0.1) is 10.1 Å². The predicted octanol–water partition coefficient (Wildman–Crippen LogP) is 4.27. The molecule has 0 unspecified atom stereocenters. The third kappa shape index (κ3) is 4.59. The van der Waals surface area contributed by atoms with Crippen LogP contribution in [0.15, 0.2) is 42.5 Å². The van der Waals surface area contributed by atoms with E-state index in [9.17, 15) is 28.1 Å². The second-order valence-electron chi connectivity index (χ2n) is 4.80. The molecule has 0 saturated carbocycles. The van der Waals surface area contributed by atoms with E-state index in [-0.39, 0.29) is 22.8 Å². The molecular weight excluding hydrogens is 343 g/mol. The molecule has 0 saturated heterocycles. The number of nitro benzene ring substituents is 1. The fourth-order valence-electron chi connectivity index (χ4n) is 1.97. The molecule has 0 radical (unpaired) electrons. The van der Waals surface area contributed by atoms with Gasteiger partial charge in [-0.2, -0.15) is 13.2 Å². The normalized spacial score (nSPS) is 10.9. The number of hydrogen-bond donors (Lipinski definition) is 2. The summed E-state index contributed by atoms with van der Waals surface area (Å²) in [7, 11) is 1.30. The largest absolute Gasteiger partial charge is 0.495 e. The second kappa shape index (κ2) is 7.07. The molecule has 0 aliphatic carbocycles. The van der Waals surface area contributed by atoms with Gasteiger partial charge in [-0.3, -0.25) is 10.1 Å². The van der Waals surface area contributed by atoms with E-state index < -0.39 is 22.7 Å². The van der Waals surface area contributed by atoms with Crippen LogP contribution in [0.3, 0.4) is 0 Å². The maximum atomic E-state index is 12.7. The molecular formula is C15H12F3N3O4. The maximum absolute atomic E-state index is 12.7. The van der Waals surface area contributed by atoms with Crippen LogP contribution in [0.2, 0.25) is 0 Å². The SMILES string of the molecule is COc1ccc([N+](=O)[O-])cc1NC(=O)Nc1cccc(C(F)(F)F)c1. The first-order chi connectivity index (χ1) is 11.7. The van der Waals surface area contributed by atoms with E-state index in [1.807, 2.05) is 0 Å². The van der Waals surface area contributed by atoms with Gasteiger partial charge in [-0.05, 0) is 24.3 Å². The Balaban J connectivity index is 2.18. The van der Waals surface area contributed by atoms with Crippen molar-refractivity contribution in [1.29, 1.82) is 0 Å². The lowest BCUT2D eigenvalue weighted by atomic mass is 10.2. The van der Waals surface area contributed by atoms with Gasteiger partial charge in [0, 0.05) is 17.8 Å². The predicted molar refractivity (Wildman–Crippen MR) is 83.7 cm³/mol. The Kier molecular flexibility index (Phi) is 5.11. The highest BCUT2D eigenvalue weighted by Crippen LogP contribution is 2.31. The van der Waals surface area contributed by atoms with Crippen molar-refractivity contribution in [3.05, 3.63) is 58.1 Å². The van der Waals surface area contributed by atoms with Crippen LogP contribution < -0.4 is 15.4 Å². The minimum atomic E-state index is -4.54. The lowest BCUT2D eigenvalue weighted by molar-refractivity contribution is -0.384. The van der Waals surface area contributed by atoms with Crippen LogP contribution in [0.1, 0.15) is 5.56 Å². The third-order valence-corrected chi connectivity index (χ3v) is 3.09. The fourth-order valence-corrected chi connectivity index (χ4v) is 1.97. The molecule has 2 N–H and O–H groups in total. The average molecular weight is 355 g/mol. The van der Waals surface area contributed by atoms with Gasteiger partial charge in [0.2, 0.25) is 0 Å². The van der Waals surface area contributed by atoms with Crippen molar-refractivity contribution in [2.75, 3.05) is 17.7 Å². The summed E-state index contributed by atoms with van der Waals surface area (Å²) in [6, 6.07) is 6.73. The number of urea groups is 1. The number of nitrogens with zero attached hydrogens (tertiary/aromatic N) is 1. The summed E-state index contributed by atoms with van der Waals surface area (Å²) in [4.78, 5) is 22.1. The van der Waals surface area contributed by atoms with Crippen LogP contribution in [-0.2, 0) is 6.18 Å². The molecule has 0 aliphatic rings. The molecule has 0 heterocycles. The molecule has 0 spiro atoms. The third-order valence-electron chi connectivity index (χ3n) is 3.09. The first-order valence-corrected chi connectivity index (χ1v) is 6.78. The lowest BCUT2D eigenvalue weighted by Gasteiger charge is -2.12. The number of amides is 2. The van der Waals surface area contributed by atoms with Crippen molar-refractivity contribution in [1.82, 2.24) is 0 Å². The van der Waals surface area contributed by atoms with E-state index >= 15 is 0 Å². The van der Waals surface area contributed by atoms with Gasteiger partial charge in [-0.1, -0.05) is 6.07 Å². The van der Waals surface area contributed by atoms with Crippen LogP contribution in [0.25, 0.3) is 0 Å². The van der Waals surface area contributed by atoms with Crippen LogP contribution >= 0.6 is 0 Å². The number of non-ortho nitro benzene ring substituents is 1. The summed E-state index contributed by atoms with van der Waals surface area (Å²) in [5.74, 6) is 0.157. The van der Waals surface area contributed by atoms with Crippen molar-refractivity contribution in [2.45, 2.75) is 6.18 Å². The number of nitrogens with one attached hydrogen (secondary N) is 2. The number of ether oxygens (including phenoxy) is 1. The van der Waals surface area contributed by atoms with E-state index in [1.54, 1.807) is 0 Å². The van der Waals surface area contributed by atoms with Crippen molar-refractivity contribution in [3.63, 3.8) is 0 Å². The first kappa shape index (κ1) is 18.0. The molecule has 132 valence electrons. The van der Waals surface area contributed by atoms with Crippen molar-refractivity contribution in [3.8, 4) is 5.75 Å². The molecule has 25 heavy (non-hydrogen) atoms. The Morgan fingerprint density at radius 3 is 2.48 bits per heavy atom. The number of carbonyl (C=O) groups is 1. The van der Waals surface area contributed by atoms with Gasteiger partial charge in [0.25, 0.3) is 5.69 Å². The Morgan fingerprint density at radius 2 is 1.88 bits per heavy atom. The molecule has 0 aliphatic heterocycles. The number of alkyl halides is 3. The highest BCUT2D eigenvalue weighted by molar-refractivity contribution is 6.01. The van der Waals surface area contributed by atoms with Gasteiger partial charge in [-0.25, -0.2) is 4.79 Å². The molecule has 0 fully saturated rings. The number of anilines is 2. The van der Waals surface area contributed by atoms with Crippen LogP contribution in [0.5, 0.6) is 5.75 Å². The Bertz CT molecular complexity index is 809. The van der Waals surface area contributed by atoms with Gasteiger partial charge in [-0.15, -0.1) is 0 Å². The topological polar surface area (TPSA) is 93.5 Å². The summed E-state index contributed by atoms with van der Waals surface area (Å²) in [5.41, 5.74) is -1.29. The minimum Gasteiger partial charge on any atom is -0.495 e. The standard InChI is InChI=1S/C15H12F3N3O4/c1-25-13-6-5-11(21(23)24)8-12(13)20-14(22)19-10-4-2-3-9(7-10)15(16,17)18/h2-8H,1H3,(H2,19,20,22). The van der Waals surface area contributed by atoms with E-state index in [1.165, 1.54) is 25.3 Å². The van der Waals surface area contributed by atoms with E-state index in [0.29, 0.717) is 0 Å². The summed E-state index contributed by atoms with van der Waals surface area (Å²) >= 11 is 0. The van der Waals surface area contributed by atoms with Crippen LogP contribution in [0.4, 0.5) is 35.0 Å². The molecule has 7 nitrogen and oxygen atoms in total. The quantitative estimate of drug-likeness (QED) is 0.633. The maximum Gasteiger partial charge on any atom is 0.416 e. The Labute approximate surface area is 139 Å². The van der Waals surface area contributed by atoms with E-state index in [0.717, 1.165) is 24.3 Å². The summed E-state index contributed by atoms with van der Waals surface area (Å²) in [6.45, 7) is 0. The highest BCUT2D eigenvalue weighted by atomic mass is 19.4. The van der Waals surface area contributed by atoms with E-state index in [4.69, 9.17) is 4.74 Å². The zero-order chi connectivity index (χ0) is 18.6. The summed E-state index contributed by atoms with van der Waals surface area (Å²) < 4.78 is 43.0. The highest BCUT2D eigenvalue weighted by Gasteiger charge is 2.30. The number of benzene rings is 2. The number of carbonyl (C=O) groups excluding carboxylic acids is 1. The Morgan fingerprint density at radius 1 is 1.16 bits per heavy atom. The van der Waals surface area contributed by atoms with Crippen molar-refractivity contribution < 1.29 is 27.6 Å². The zero-order valence-electron chi connectivity index (χ0n) is 12.8. The number of rotatable bonds is 4. The van der Waals surface area contributed by atoms with Crippen molar-refractivity contribution in [2.24, 2.45) is 0 Å². The lowest BCUT2D eigenvalue weighted by Crippen LogP contribution is -2.20. The van der Waals surface area contributed by atoms with Gasteiger partial charge < -0.3 is 15.4 Å². The van der Waals surface area contributed by atoms with Gasteiger partial charge in [0.1, 0.15) is 5.75 Å². The number of halogens is 3. The van der Waals surface area contributed by atoms with Gasteiger partial charge >= 0.3 is 12.2 Å². The molecule has 2 rings (SSSR count). The number of nitro groups is 1. The molecule has 2 aromatic rings. The summed E-state index contributed by atoms with van der Waals surface area (Å²) in [6.07, 6.45) is -4.54. The number of hydrogen-bond acceptors (Lipinski definition) is 4. The van der Waals surface area contributed by atoms with Crippen molar-refractivity contribution >= 4 is 23.1 Å². The summed E-state index contributed by atoms with van der Waals surface area (Å²) in [5, 5.41) is 15.3. The van der Waals surface area contributed by atoms with Gasteiger partial charge in [0.15, 0.2) is 0 Å². The Hall–Kier alpha value is -3.30. The zero-order valence-corrected chi connectivity index (χ0v) is 12.8. The number of methoxy groups -OCH3 is 1. The van der Waals surface area contributed by atoms with Crippen LogP contribution in [-0.4, -0.2) is 18.1 Å². The fraction of sp³-hybridized carbons (Fsp3) is 0.133. The molecule has 2 aromatic carbocycles. The first-order valence-electron chi connectivity index (χ1n) is 6.78.